The molecule has 1 heterocycles. The van der Waals surface area contributed by atoms with Crippen LogP contribution in [0.4, 0.5) is 0 Å². The fourth-order valence-electron chi connectivity index (χ4n) is 4.77. The third-order valence-electron chi connectivity index (χ3n) is 6.67. The third kappa shape index (κ3) is 6.02. The van der Waals surface area contributed by atoms with Crippen LogP contribution in [-0.4, -0.2) is 39.7 Å². The van der Waals surface area contributed by atoms with E-state index < -0.39 is 11.7 Å². The Kier molecular flexibility index (Phi) is 7.48. The maximum Gasteiger partial charge on any atom is 0.125 e. The Bertz CT molecular complexity index is 1050. The van der Waals surface area contributed by atoms with E-state index in [4.69, 9.17) is 4.74 Å². The Morgan fingerprint density at radius 3 is 2.48 bits per heavy atom. The van der Waals surface area contributed by atoms with E-state index in [-0.39, 0.29) is 18.8 Å². The molecule has 2 aromatic rings. The molecule has 2 fully saturated rings. The van der Waals surface area contributed by atoms with Crippen molar-refractivity contribution in [2.45, 2.75) is 75.3 Å². The average Bonchev–Trinajstić information content (AvgIpc) is 2.83. The molecule has 172 valence electrons. The fraction of sp³-hybridized carbons (Fsp3) is 0.464. The topological polar surface area (TPSA) is 93.7 Å². The number of nitrogens with zero attached hydrogens (tertiary/aromatic N) is 1. The van der Waals surface area contributed by atoms with E-state index in [2.05, 4.69) is 17.9 Å². The van der Waals surface area contributed by atoms with Gasteiger partial charge < -0.3 is 20.1 Å². The summed E-state index contributed by atoms with van der Waals surface area (Å²) < 4.78 is 5.94. The van der Waals surface area contributed by atoms with E-state index in [9.17, 15) is 20.6 Å². The van der Waals surface area contributed by atoms with Crippen molar-refractivity contribution in [3.63, 3.8) is 0 Å². The maximum atomic E-state index is 10.6. The van der Waals surface area contributed by atoms with Gasteiger partial charge in [-0.05, 0) is 67.0 Å². The van der Waals surface area contributed by atoms with E-state index >= 15 is 0 Å². The van der Waals surface area contributed by atoms with Gasteiger partial charge in [-0.3, -0.25) is 0 Å². The molecule has 0 amide bonds. The molecule has 1 aliphatic carbocycles. The van der Waals surface area contributed by atoms with Crippen LogP contribution in [-0.2, 0) is 11.2 Å². The zero-order valence-electron chi connectivity index (χ0n) is 18.8. The number of hydrogen-bond acceptors (Lipinski definition) is 5. The van der Waals surface area contributed by atoms with E-state index in [0.29, 0.717) is 24.8 Å². The molecule has 1 aliphatic heterocycles. The second-order valence-electron chi connectivity index (χ2n) is 9.30. The van der Waals surface area contributed by atoms with Gasteiger partial charge in [-0.15, -0.1) is 0 Å². The van der Waals surface area contributed by atoms with Gasteiger partial charge in [0.05, 0.1) is 36.6 Å². The van der Waals surface area contributed by atoms with Gasteiger partial charge in [-0.2, -0.15) is 5.26 Å². The molecule has 3 unspecified atom stereocenters. The van der Waals surface area contributed by atoms with E-state index in [1.807, 2.05) is 36.4 Å². The SMILES string of the molecule is N#Cc1ccc(C2CC(O)CC(CO)O2)cc1Cc1ccc(C#CC2(O)CCCCC2)cc1. The Morgan fingerprint density at radius 1 is 1.03 bits per heavy atom. The highest BCUT2D eigenvalue weighted by Gasteiger charge is 2.29. The van der Waals surface area contributed by atoms with Gasteiger partial charge in [0.15, 0.2) is 0 Å². The monoisotopic (exact) mass is 445 g/mol. The Morgan fingerprint density at radius 2 is 1.79 bits per heavy atom. The highest BCUT2D eigenvalue weighted by Crippen LogP contribution is 2.33. The van der Waals surface area contributed by atoms with Crippen molar-refractivity contribution in [1.29, 1.82) is 5.26 Å². The standard InChI is InChI=1S/C28H31NO4/c29-18-23-9-8-22(27-17-25(31)16-26(19-30)33-27)15-24(23)14-21-6-4-20(5-7-21)10-13-28(32)11-2-1-3-12-28/h4-9,15,25-27,30-32H,1-3,11-12,14,16-17,19H2. The number of benzene rings is 2. The fourth-order valence-corrected chi connectivity index (χ4v) is 4.77. The van der Waals surface area contributed by atoms with Gasteiger partial charge >= 0.3 is 0 Å². The molecular formula is C28H31NO4. The van der Waals surface area contributed by atoms with E-state index in [1.165, 1.54) is 6.42 Å². The van der Waals surface area contributed by atoms with Gasteiger partial charge in [0, 0.05) is 18.4 Å². The number of aliphatic hydroxyl groups is 3. The van der Waals surface area contributed by atoms with Crippen molar-refractivity contribution in [1.82, 2.24) is 0 Å². The van der Waals surface area contributed by atoms with Gasteiger partial charge in [0.2, 0.25) is 0 Å². The summed E-state index contributed by atoms with van der Waals surface area (Å²) in [7, 11) is 0. The van der Waals surface area contributed by atoms with E-state index in [1.54, 1.807) is 6.07 Å². The van der Waals surface area contributed by atoms with Crippen molar-refractivity contribution in [2.75, 3.05) is 6.61 Å². The number of aliphatic hydroxyl groups excluding tert-OH is 2. The highest BCUT2D eigenvalue weighted by molar-refractivity contribution is 5.45. The van der Waals surface area contributed by atoms with E-state index in [0.717, 1.165) is 47.9 Å². The van der Waals surface area contributed by atoms with Crippen molar-refractivity contribution >= 4 is 0 Å². The smallest absolute Gasteiger partial charge is 0.125 e. The van der Waals surface area contributed by atoms with Gasteiger partial charge in [0.1, 0.15) is 5.60 Å². The third-order valence-corrected chi connectivity index (χ3v) is 6.67. The maximum absolute atomic E-state index is 10.6. The minimum Gasteiger partial charge on any atom is -0.394 e. The van der Waals surface area contributed by atoms with Crippen LogP contribution in [0.5, 0.6) is 0 Å². The molecule has 5 nitrogen and oxygen atoms in total. The number of nitriles is 1. The van der Waals surface area contributed by atoms with Gasteiger partial charge in [0.25, 0.3) is 0 Å². The zero-order chi connectivity index (χ0) is 23.3. The first-order valence-electron chi connectivity index (χ1n) is 11.8. The lowest BCUT2D eigenvalue weighted by atomic mass is 9.85. The van der Waals surface area contributed by atoms with Crippen LogP contribution >= 0.6 is 0 Å². The first kappa shape index (κ1) is 23.5. The van der Waals surface area contributed by atoms with Crippen molar-refractivity contribution in [3.8, 4) is 17.9 Å². The summed E-state index contributed by atoms with van der Waals surface area (Å²) in [6.45, 7) is -0.122. The number of ether oxygens (including phenoxy) is 1. The Labute approximate surface area is 195 Å². The molecule has 5 heteroatoms. The minimum atomic E-state index is -0.858. The molecule has 0 spiro atoms. The second-order valence-corrected chi connectivity index (χ2v) is 9.30. The summed E-state index contributed by atoms with van der Waals surface area (Å²) >= 11 is 0. The normalized spacial score (nSPS) is 24.4. The molecule has 3 atom stereocenters. The predicted molar refractivity (Wildman–Crippen MR) is 125 cm³/mol. The molecule has 2 aliphatic rings. The van der Waals surface area contributed by atoms with Crippen molar-refractivity contribution < 1.29 is 20.1 Å². The molecule has 1 saturated carbocycles. The summed E-state index contributed by atoms with van der Waals surface area (Å²) in [5.74, 6) is 6.19. The lowest BCUT2D eigenvalue weighted by Gasteiger charge is -2.32. The molecular weight excluding hydrogens is 414 g/mol. The number of hydrogen-bond donors (Lipinski definition) is 3. The second kappa shape index (κ2) is 10.5. The van der Waals surface area contributed by atoms with Crippen molar-refractivity contribution in [3.05, 3.63) is 70.3 Å². The summed E-state index contributed by atoms with van der Waals surface area (Å²) in [6.07, 6.45) is 5.00. The van der Waals surface area contributed by atoms with Crippen LogP contribution in [0.25, 0.3) is 0 Å². The lowest BCUT2D eigenvalue weighted by Crippen LogP contribution is -2.33. The minimum absolute atomic E-state index is 0.122. The van der Waals surface area contributed by atoms with Crippen molar-refractivity contribution in [2.24, 2.45) is 0 Å². The lowest BCUT2D eigenvalue weighted by molar-refractivity contribution is -0.113. The van der Waals surface area contributed by atoms with Gasteiger partial charge in [-0.1, -0.05) is 42.5 Å². The van der Waals surface area contributed by atoms with Crippen LogP contribution < -0.4 is 0 Å². The van der Waals surface area contributed by atoms with Crippen LogP contribution in [0, 0.1) is 23.2 Å². The Hall–Kier alpha value is -2.67. The summed E-state index contributed by atoms with van der Waals surface area (Å²) in [5, 5.41) is 39.8. The zero-order valence-corrected chi connectivity index (χ0v) is 18.8. The quantitative estimate of drug-likeness (QED) is 0.623. The first-order chi connectivity index (χ1) is 16.0. The van der Waals surface area contributed by atoms with Crippen LogP contribution in [0.1, 0.15) is 78.9 Å². The highest BCUT2D eigenvalue weighted by atomic mass is 16.5. The predicted octanol–water partition coefficient (Wildman–Crippen LogP) is 3.77. The average molecular weight is 446 g/mol. The molecule has 33 heavy (non-hydrogen) atoms. The van der Waals surface area contributed by atoms with Crippen LogP contribution in [0.3, 0.4) is 0 Å². The largest absolute Gasteiger partial charge is 0.394 e. The summed E-state index contributed by atoms with van der Waals surface area (Å²) in [4.78, 5) is 0. The Balaban J connectivity index is 1.49. The summed E-state index contributed by atoms with van der Waals surface area (Å²) in [5.41, 5.74) is 3.48. The van der Waals surface area contributed by atoms with Crippen LogP contribution in [0.15, 0.2) is 42.5 Å². The molecule has 1 saturated heterocycles. The molecule has 0 bridgehead atoms. The molecule has 4 rings (SSSR count). The molecule has 0 radical (unpaired) electrons. The molecule has 3 N–H and O–H groups in total. The summed E-state index contributed by atoms with van der Waals surface area (Å²) in [6, 6.07) is 15.8. The van der Waals surface area contributed by atoms with Gasteiger partial charge in [-0.25, -0.2) is 0 Å². The molecule has 2 aromatic carbocycles. The first-order valence-corrected chi connectivity index (χ1v) is 11.8. The number of rotatable bonds is 4. The van der Waals surface area contributed by atoms with Crippen LogP contribution in [0.2, 0.25) is 0 Å². The molecule has 0 aromatic heterocycles.